The van der Waals surface area contributed by atoms with E-state index in [4.69, 9.17) is 4.74 Å². The van der Waals surface area contributed by atoms with E-state index in [-0.39, 0.29) is 23.1 Å². The predicted molar refractivity (Wildman–Crippen MR) is 119 cm³/mol. The van der Waals surface area contributed by atoms with Gasteiger partial charge in [0.2, 0.25) is 11.9 Å². The third-order valence-corrected chi connectivity index (χ3v) is 6.88. The molecule has 2 aliphatic rings. The number of hydrogen-bond donors (Lipinski definition) is 0. The molecule has 2 aliphatic heterocycles. The maximum absolute atomic E-state index is 13.5. The van der Waals surface area contributed by atoms with Crippen LogP contribution in [0.4, 0.5) is 10.3 Å². The number of amides is 1. The summed E-state index contributed by atoms with van der Waals surface area (Å²) in [5.41, 5.74) is 0.769. The zero-order valence-electron chi connectivity index (χ0n) is 18.2. The van der Waals surface area contributed by atoms with Crippen molar-refractivity contribution in [3.8, 4) is 0 Å². The lowest BCUT2D eigenvalue weighted by molar-refractivity contribution is -0.129. The molecule has 168 valence electrons. The van der Waals surface area contributed by atoms with E-state index in [1.165, 1.54) is 23.9 Å². The Morgan fingerprint density at radius 3 is 2.84 bits per heavy atom. The van der Waals surface area contributed by atoms with Crippen molar-refractivity contribution in [2.75, 3.05) is 31.6 Å². The van der Waals surface area contributed by atoms with Crippen LogP contribution in [0, 0.1) is 5.82 Å². The molecule has 0 spiro atoms. The van der Waals surface area contributed by atoms with Crippen molar-refractivity contribution in [2.24, 2.45) is 0 Å². The molecule has 9 heteroatoms. The molecule has 2 atom stereocenters. The van der Waals surface area contributed by atoms with E-state index in [9.17, 15) is 9.18 Å². The van der Waals surface area contributed by atoms with Crippen molar-refractivity contribution in [3.05, 3.63) is 35.6 Å². The zero-order valence-corrected chi connectivity index (χ0v) is 19.0. The minimum absolute atomic E-state index is 0.0244. The maximum Gasteiger partial charge on any atom is 0.235 e. The molecular formula is C22H30FN5O2S. The van der Waals surface area contributed by atoms with Gasteiger partial charge in [-0.3, -0.25) is 9.36 Å². The number of halogens is 1. The second-order valence-electron chi connectivity index (χ2n) is 8.31. The van der Waals surface area contributed by atoms with Crippen LogP contribution in [0.5, 0.6) is 0 Å². The molecule has 4 rings (SSSR count). The highest BCUT2D eigenvalue weighted by Crippen LogP contribution is 2.30. The quantitative estimate of drug-likeness (QED) is 0.579. The highest BCUT2D eigenvalue weighted by molar-refractivity contribution is 8.00. The molecule has 1 aromatic carbocycles. The van der Waals surface area contributed by atoms with Gasteiger partial charge in [-0.15, -0.1) is 10.2 Å². The second kappa shape index (κ2) is 9.99. The van der Waals surface area contributed by atoms with Crippen LogP contribution in [0.1, 0.15) is 38.2 Å². The molecular weight excluding hydrogens is 417 g/mol. The van der Waals surface area contributed by atoms with E-state index in [1.54, 1.807) is 18.0 Å². The largest absolute Gasteiger partial charge is 0.376 e. The summed E-state index contributed by atoms with van der Waals surface area (Å²) in [4.78, 5) is 16.9. The Labute approximate surface area is 186 Å². The van der Waals surface area contributed by atoms with E-state index in [0.29, 0.717) is 13.1 Å². The van der Waals surface area contributed by atoms with E-state index in [0.717, 1.165) is 62.0 Å². The summed E-state index contributed by atoms with van der Waals surface area (Å²) >= 11 is 1.43. The van der Waals surface area contributed by atoms with Crippen LogP contribution in [0.15, 0.2) is 29.4 Å². The molecule has 0 aliphatic carbocycles. The van der Waals surface area contributed by atoms with Crippen molar-refractivity contribution in [2.45, 2.75) is 62.2 Å². The number of rotatable bonds is 8. The van der Waals surface area contributed by atoms with E-state index in [2.05, 4.69) is 19.7 Å². The van der Waals surface area contributed by atoms with Crippen LogP contribution in [0.25, 0.3) is 0 Å². The van der Waals surface area contributed by atoms with Crippen LogP contribution in [0.3, 0.4) is 0 Å². The summed E-state index contributed by atoms with van der Waals surface area (Å²) in [6.07, 6.45) is 4.60. The minimum Gasteiger partial charge on any atom is -0.376 e. The summed E-state index contributed by atoms with van der Waals surface area (Å²) in [5, 5.41) is 9.32. The molecule has 2 aromatic rings. The first-order valence-corrected chi connectivity index (χ1v) is 11.8. The highest BCUT2D eigenvalue weighted by Gasteiger charge is 2.28. The highest BCUT2D eigenvalue weighted by atomic mass is 32.2. The Balaban J connectivity index is 1.46. The minimum atomic E-state index is -0.336. The lowest BCUT2D eigenvalue weighted by atomic mass is 10.2. The molecule has 3 heterocycles. The normalized spacial score (nSPS) is 19.7. The molecule has 0 unspecified atom stereocenters. The number of aromatic nitrogens is 3. The van der Waals surface area contributed by atoms with Gasteiger partial charge in [0.25, 0.3) is 0 Å². The van der Waals surface area contributed by atoms with Gasteiger partial charge in [-0.1, -0.05) is 23.9 Å². The van der Waals surface area contributed by atoms with Gasteiger partial charge in [-0.05, 0) is 50.3 Å². The fourth-order valence-corrected chi connectivity index (χ4v) is 5.15. The van der Waals surface area contributed by atoms with Crippen LogP contribution in [0.2, 0.25) is 0 Å². The predicted octanol–water partition coefficient (Wildman–Crippen LogP) is 3.34. The smallest absolute Gasteiger partial charge is 0.235 e. The average molecular weight is 448 g/mol. The number of ether oxygens (including phenoxy) is 1. The third kappa shape index (κ3) is 5.38. The molecule has 7 nitrogen and oxygen atoms in total. The zero-order chi connectivity index (χ0) is 21.8. The first kappa shape index (κ1) is 22.1. The first-order chi connectivity index (χ1) is 15.0. The van der Waals surface area contributed by atoms with Gasteiger partial charge in [0.15, 0.2) is 5.16 Å². The van der Waals surface area contributed by atoms with Gasteiger partial charge >= 0.3 is 0 Å². The SMILES string of the molecule is C[C@@H](Sc1nnc(N2CCCC2)n1C[C@@H]1CCCO1)C(=O)N(C)Cc1cccc(F)c1. The fraction of sp³-hybridized carbons (Fsp3) is 0.591. The van der Waals surface area contributed by atoms with Gasteiger partial charge in [0.1, 0.15) is 5.82 Å². The monoisotopic (exact) mass is 447 g/mol. The molecule has 0 saturated carbocycles. The number of nitrogens with zero attached hydrogens (tertiary/aromatic N) is 5. The Kier molecular flexibility index (Phi) is 7.12. The van der Waals surface area contributed by atoms with Crippen molar-refractivity contribution in [1.82, 2.24) is 19.7 Å². The summed E-state index contributed by atoms with van der Waals surface area (Å²) in [5.74, 6) is 0.560. The lowest BCUT2D eigenvalue weighted by Gasteiger charge is -2.23. The van der Waals surface area contributed by atoms with Gasteiger partial charge in [-0.2, -0.15) is 0 Å². The topological polar surface area (TPSA) is 63.5 Å². The Morgan fingerprint density at radius 2 is 2.13 bits per heavy atom. The van der Waals surface area contributed by atoms with Crippen molar-refractivity contribution < 1.29 is 13.9 Å². The Morgan fingerprint density at radius 1 is 1.32 bits per heavy atom. The molecule has 31 heavy (non-hydrogen) atoms. The van der Waals surface area contributed by atoms with E-state index >= 15 is 0 Å². The molecule has 2 saturated heterocycles. The number of anilines is 1. The standard InChI is InChI=1S/C22H30FN5O2S/c1-16(20(29)26(2)14-17-7-5-8-18(23)13-17)31-22-25-24-21(27-10-3-4-11-27)28(22)15-19-9-6-12-30-19/h5,7-8,13,16,19H,3-4,6,9-12,14-15H2,1-2H3/t16-,19+/m1/s1. The fourth-order valence-electron chi connectivity index (χ4n) is 4.18. The van der Waals surface area contributed by atoms with Gasteiger partial charge in [0.05, 0.1) is 17.9 Å². The molecule has 1 amide bonds. The average Bonchev–Trinajstić information content (AvgIpc) is 3.51. The number of benzene rings is 1. The van der Waals surface area contributed by atoms with Gasteiger partial charge in [-0.25, -0.2) is 4.39 Å². The van der Waals surface area contributed by atoms with Crippen LogP contribution in [-0.2, 0) is 22.6 Å². The molecule has 0 bridgehead atoms. The van der Waals surface area contributed by atoms with Gasteiger partial charge < -0.3 is 14.5 Å². The van der Waals surface area contributed by atoms with E-state index in [1.807, 2.05) is 13.0 Å². The third-order valence-electron chi connectivity index (χ3n) is 5.81. The number of hydrogen-bond acceptors (Lipinski definition) is 6. The summed E-state index contributed by atoms with van der Waals surface area (Å²) in [7, 11) is 1.75. The van der Waals surface area contributed by atoms with Crippen molar-refractivity contribution in [1.29, 1.82) is 0 Å². The second-order valence-corrected chi connectivity index (χ2v) is 9.61. The van der Waals surface area contributed by atoms with Crippen molar-refractivity contribution >= 4 is 23.6 Å². The first-order valence-electron chi connectivity index (χ1n) is 11.0. The van der Waals surface area contributed by atoms with E-state index < -0.39 is 0 Å². The Hall–Kier alpha value is -2.13. The molecule has 0 N–H and O–H groups in total. The maximum atomic E-state index is 13.5. The lowest BCUT2D eigenvalue weighted by Crippen LogP contribution is -2.33. The summed E-state index contributed by atoms with van der Waals surface area (Å²) in [6.45, 7) is 5.73. The Bertz CT molecular complexity index is 896. The van der Waals surface area contributed by atoms with Crippen LogP contribution < -0.4 is 4.90 Å². The molecule has 2 fully saturated rings. The molecule has 0 radical (unpaired) electrons. The summed E-state index contributed by atoms with van der Waals surface area (Å²) in [6, 6.07) is 6.35. The number of thioether (sulfide) groups is 1. The molecule has 1 aromatic heterocycles. The number of carbonyl (C=O) groups is 1. The van der Waals surface area contributed by atoms with Crippen LogP contribution in [-0.4, -0.2) is 63.7 Å². The van der Waals surface area contributed by atoms with Gasteiger partial charge in [0, 0.05) is 33.3 Å². The van der Waals surface area contributed by atoms with Crippen molar-refractivity contribution in [3.63, 3.8) is 0 Å². The summed E-state index contributed by atoms with van der Waals surface area (Å²) < 4.78 is 21.4. The number of carbonyl (C=O) groups excluding carboxylic acids is 1. The van der Waals surface area contributed by atoms with Crippen LogP contribution >= 0.6 is 11.8 Å².